The minimum absolute atomic E-state index is 0.604. The highest BCUT2D eigenvalue weighted by Crippen LogP contribution is 2.28. The molecule has 0 saturated heterocycles. The number of anilines is 1. The average Bonchev–Trinajstić information content (AvgIpc) is 2.75. The summed E-state index contributed by atoms with van der Waals surface area (Å²) in [7, 11) is 0. The fraction of sp³-hybridized carbons (Fsp3) is 0.600. The van der Waals surface area contributed by atoms with Gasteiger partial charge in [0.05, 0.1) is 0 Å². The summed E-state index contributed by atoms with van der Waals surface area (Å²) in [6, 6.07) is 1.99. The van der Waals surface area contributed by atoms with Gasteiger partial charge in [0, 0.05) is 12.7 Å². The van der Waals surface area contributed by atoms with Crippen molar-refractivity contribution in [3.05, 3.63) is 17.8 Å². The van der Waals surface area contributed by atoms with E-state index in [1.165, 1.54) is 38.5 Å². The minimum atomic E-state index is 0.604. The van der Waals surface area contributed by atoms with Crippen molar-refractivity contribution in [2.24, 2.45) is 5.92 Å². The Morgan fingerprint density at radius 3 is 2.89 bits per heavy atom. The molecule has 19 heavy (non-hydrogen) atoms. The second-order valence-electron chi connectivity index (χ2n) is 5.71. The molecule has 0 aliphatic heterocycles. The molecule has 2 N–H and O–H groups in total. The van der Waals surface area contributed by atoms with E-state index in [1.54, 1.807) is 0 Å². The summed E-state index contributed by atoms with van der Waals surface area (Å²) in [5, 5.41) is 0. The topological polar surface area (TPSA) is 56.7 Å². The van der Waals surface area contributed by atoms with E-state index in [-0.39, 0.29) is 0 Å². The molecule has 2 aromatic heterocycles. The Bertz CT molecular complexity index is 567. The molecule has 1 fully saturated rings. The molecule has 0 aromatic carbocycles. The third-order valence-electron chi connectivity index (χ3n) is 4.35. The van der Waals surface area contributed by atoms with Gasteiger partial charge < -0.3 is 5.73 Å². The van der Waals surface area contributed by atoms with Gasteiger partial charge in [0.1, 0.15) is 5.52 Å². The Labute approximate surface area is 114 Å². The summed E-state index contributed by atoms with van der Waals surface area (Å²) in [5.41, 5.74) is 9.08. The first-order valence-electron chi connectivity index (χ1n) is 7.33. The van der Waals surface area contributed by atoms with E-state index in [0.717, 1.165) is 29.2 Å². The molecule has 0 bridgehead atoms. The number of nitrogen functional groups attached to an aromatic ring is 1. The van der Waals surface area contributed by atoms with Crippen molar-refractivity contribution < 1.29 is 0 Å². The number of aromatic nitrogens is 3. The highest BCUT2D eigenvalue weighted by atomic mass is 15.2. The van der Waals surface area contributed by atoms with E-state index in [4.69, 9.17) is 5.73 Å². The fourth-order valence-corrected chi connectivity index (χ4v) is 3.16. The van der Waals surface area contributed by atoms with E-state index < -0.39 is 0 Å². The van der Waals surface area contributed by atoms with Crippen molar-refractivity contribution in [2.75, 3.05) is 5.73 Å². The number of rotatable bonds is 3. The second-order valence-corrected chi connectivity index (χ2v) is 5.71. The molecule has 0 unspecified atom stereocenters. The molecule has 2 aromatic rings. The lowest BCUT2D eigenvalue weighted by Crippen LogP contribution is -2.11. The van der Waals surface area contributed by atoms with Gasteiger partial charge in [-0.15, -0.1) is 0 Å². The Hall–Kier alpha value is -1.58. The Morgan fingerprint density at radius 1 is 1.32 bits per heavy atom. The first kappa shape index (κ1) is 12.5. The SMILES string of the molecule is Cc1ccnc2c1nc(N)n2CCC1CCCCC1. The highest BCUT2D eigenvalue weighted by Gasteiger charge is 2.16. The number of imidazole rings is 1. The predicted molar refractivity (Wildman–Crippen MR) is 77.9 cm³/mol. The van der Waals surface area contributed by atoms with Crippen molar-refractivity contribution in [3.8, 4) is 0 Å². The monoisotopic (exact) mass is 258 g/mol. The van der Waals surface area contributed by atoms with Crippen molar-refractivity contribution in [2.45, 2.75) is 52.0 Å². The second kappa shape index (κ2) is 5.19. The third kappa shape index (κ3) is 2.44. The van der Waals surface area contributed by atoms with Crippen LogP contribution in [0.15, 0.2) is 12.3 Å². The zero-order valence-electron chi connectivity index (χ0n) is 11.6. The Kier molecular flexibility index (Phi) is 3.40. The van der Waals surface area contributed by atoms with Gasteiger partial charge in [-0.05, 0) is 30.9 Å². The van der Waals surface area contributed by atoms with E-state index in [1.807, 2.05) is 12.3 Å². The van der Waals surface area contributed by atoms with Crippen LogP contribution in [-0.2, 0) is 6.54 Å². The van der Waals surface area contributed by atoms with Crippen LogP contribution in [-0.4, -0.2) is 14.5 Å². The maximum absolute atomic E-state index is 6.05. The van der Waals surface area contributed by atoms with Crippen molar-refractivity contribution in [1.29, 1.82) is 0 Å². The van der Waals surface area contributed by atoms with Crippen LogP contribution < -0.4 is 5.73 Å². The molecule has 1 aliphatic carbocycles. The lowest BCUT2D eigenvalue weighted by Gasteiger charge is -2.21. The molecule has 0 atom stereocenters. The van der Waals surface area contributed by atoms with Crippen molar-refractivity contribution in [3.63, 3.8) is 0 Å². The summed E-state index contributed by atoms with van der Waals surface area (Å²) in [5.74, 6) is 1.46. The average molecular weight is 258 g/mol. The van der Waals surface area contributed by atoms with Gasteiger partial charge in [-0.2, -0.15) is 0 Å². The van der Waals surface area contributed by atoms with E-state index in [0.29, 0.717) is 5.95 Å². The molecule has 102 valence electrons. The molecule has 0 amide bonds. The van der Waals surface area contributed by atoms with Crippen LogP contribution >= 0.6 is 0 Å². The standard InChI is InChI=1S/C15H22N4/c1-11-7-9-17-14-13(11)18-15(16)19(14)10-8-12-5-3-2-4-6-12/h7,9,12H,2-6,8,10H2,1H3,(H2,16,18). The largest absolute Gasteiger partial charge is 0.369 e. The molecular weight excluding hydrogens is 236 g/mol. The Morgan fingerprint density at radius 2 is 2.11 bits per heavy atom. The number of nitrogens with two attached hydrogens (primary N) is 1. The maximum atomic E-state index is 6.05. The number of pyridine rings is 1. The first-order valence-corrected chi connectivity index (χ1v) is 7.33. The Balaban J connectivity index is 1.80. The van der Waals surface area contributed by atoms with Gasteiger partial charge in [0.15, 0.2) is 5.65 Å². The number of aryl methyl sites for hydroxylation is 2. The number of fused-ring (bicyclic) bond motifs is 1. The van der Waals surface area contributed by atoms with Crippen molar-refractivity contribution >= 4 is 17.1 Å². The van der Waals surface area contributed by atoms with Crippen LogP contribution in [0.2, 0.25) is 0 Å². The minimum Gasteiger partial charge on any atom is -0.369 e. The van der Waals surface area contributed by atoms with Crippen LogP contribution in [0.4, 0.5) is 5.95 Å². The fourth-order valence-electron chi connectivity index (χ4n) is 3.16. The van der Waals surface area contributed by atoms with Crippen LogP contribution in [0.25, 0.3) is 11.2 Å². The van der Waals surface area contributed by atoms with E-state index in [2.05, 4.69) is 21.5 Å². The summed E-state index contributed by atoms with van der Waals surface area (Å²) < 4.78 is 2.08. The summed E-state index contributed by atoms with van der Waals surface area (Å²) in [6.45, 7) is 3.01. The predicted octanol–water partition coefficient (Wildman–Crippen LogP) is 3.29. The summed E-state index contributed by atoms with van der Waals surface area (Å²) >= 11 is 0. The quantitative estimate of drug-likeness (QED) is 0.919. The van der Waals surface area contributed by atoms with Gasteiger partial charge in [-0.25, -0.2) is 9.97 Å². The smallest absolute Gasteiger partial charge is 0.202 e. The number of nitrogens with zero attached hydrogens (tertiary/aromatic N) is 3. The molecule has 1 aliphatic rings. The molecule has 0 spiro atoms. The third-order valence-corrected chi connectivity index (χ3v) is 4.35. The lowest BCUT2D eigenvalue weighted by molar-refractivity contribution is 0.326. The molecule has 4 nitrogen and oxygen atoms in total. The van der Waals surface area contributed by atoms with Crippen molar-refractivity contribution in [1.82, 2.24) is 14.5 Å². The van der Waals surface area contributed by atoms with E-state index in [9.17, 15) is 0 Å². The zero-order chi connectivity index (χ0) is 13.2. The first-order chi connectivity index (χ1) is 9.25. The van der Waals surface area contributed by atoms with Gasteiger partial charge in [-0.3, -0.25) is 4.57 Å². The maximum Gasteiger partial charge on any atom is 0.202 e. The molecule has 0 radical (unpaired) electrons. The van der Waals surface area contributed by atoms with Gasteiger partial charge >= 0.3 is 0 Å². The molecular formula is C15H22N4. The zero-order valence-corrected chi connectivity index (χ0v) is 11.6. The number of hydrogen-bond acceptors (Lipinski definition) is 3. The summed E-state index contributed by atoms with van der Waals surface area (Å²) in [6.07, 6.45) is 9.98. The van der Waals surface area contributed by atoms with Crippen LogP contribution in [0.1, 0.15) is 44.1 Å². The summed E-state index contributed by atoms with van der Waals surface area (Å²) in [4.78, 5) is 8.90. The lowest BCUT2D eigenvalue weighted by atomic mass is 9.87. The normalized spacial score (nSPS) is 17.1. The van der Waals surface area contributed by atoms with E-state index >= 15 is 0 Å². The highest BCUT2D eigenvalue weighted by molar-refractivity contribution is 5.77. The molecule has 3 rings (SSSR count). The van der Waals surface area contributed by atoms with Crippen LogP contribution in [0.5, 0.6) is 0 Å². The van der Waals surface area contributed by atoms with Gasteiger partial charge in [-0.1, -0.05) is 32.1 Å². The number of hydrogen-bond donors (Lipinski definition) is 1. The van der Waals surface area contributed by atoms with Crippen LogP contribution in [0.3, 0.4) is 0 Å². The molecule has 4 heteroatoms. The molecule has 1 saturated carbocycles. The van der Waals surface area contributed by atoms with Crippen LogP contribution in [0, 0.1) is 12.8 Å². The van der Waals surface area contributed by atoms with Gasteiger partial charge in [0.25, 0.3) is 0 Å². The molecule has 2 heterocycles. The van der Waals surface area contributed by atoms with Gasteiger partial charge in [0.2, 0.25) is 5.95 Å².